The highest BCUT2D eigenvalue weighted by molar-refractivity contribution is 5.13. The van der Waals surface area contributed by atoms with Gasteiger partial charge in [0.25, 0.3) is 0 Å². The van der Waals surface area contributed by atoms with Crippen LogP contribution in [0.25, 0.3) is 0 Å². The molecule has 3 N–H and O–H groups in total. The topological polar surface area (TPSA) is 88.4 Å². The Balaban J connectivity index is 1.87. The van der Waals surface area contributed by atoms with Crippen molar-refractivity contribution in [1.82, 2.24) is 0 Å². The minimum absolute atomic E-state index is 0.147. The first-order valence-corrected chi connectivity index (χ1v) is 6.47. The summed E-state index contributed by atoms with van der Waals surface area (Å²) >= 11 is 0. The fourth-order valence-electron chi connectivity index (χ4n) is 2.21. The third-order valence-electron chi connectivity index (χ3n) is 3.33. The Morgan fingerprint density at radius 1 is 1.10 bits per heavy atom. The third-order valence-corrected chi connectivity index (χ3v) is 3.33. The van der Waals surface area contributed by atoms with Gasteiger partial charge in [0, 0.05) is 7.11 Å². The maximum atomic E-state index is 9.82. The summed E-state index contributed by atoms with van der Waals surface area (Å²) in [6.45, 7) is 0.542. The van der Waals surface area contributed by atoms with E-state index in [1.807, 2.05) is 30.3 Å². The summed E-state index contributed by atoms with van der Waals surface area (Å²) in [5, 5.41) is 28.9. The molecule has 1 aromatic carbocycles. The van der Waals surface area contributed by atoms with Gasteiger partial charge in [-0.3, -0.25) is 0 Å². The first-order chi connectivity index (χ1) is 9.63. The number of ether oxygens (including phenoxy) is 3. The molecule has 0 radical (unpaired) electrons. The lowest BCUT2D eigenvalue weighted by molar-refractivity contribution is -0.293. The molecule has 0 aromatic heterocycles. The van der Waals surface area contributed by atoms with Crippen LogP contribution in [-0.2, 0) is 20.8 Å². The van der Waals surface area contributed by atoms with Crippen LogP contribution in [0.2, 0.25) is 0 Å². The van der Waals surface area contributed by atoms with Crippen molar-refractivity contribution in [3.8, 4) is 0 Å². The van der Waals surface area contributed by atoms with Crippen molar-refractivity contribution in [2.24, 2.45) is 0 Å². The number of methoxy groups -OCH3 is 1. The van der Waals surface area contributed by atoms with E-state index in [9.17, 15) is 15.3 Å². The van der Waals surface area contributed by atoms with Crippen molar-refractivity contribution in [3.63, 3.8) is 0 Å². The molecule has 2 unspecified atom stereocenters. The van der Waals surface area contributed by atoms with Gasteiger partial charge in [0.1, 0.15) is 24.4 Å². The second-order valence-corrected chi connectivity index (χ2v) is 4.75. The number of rotatable bonds is 5. The van der Waals surface area contributed by atoms with Crippen LogP contribution in [0.3, 0.4) is 0 Å². The Morgan fingerprint density at radius 3 is 2.45 bits per heavy atom. The van der Waals surface area contributed by atoms with Crippen molar-refractivity contribution in [2.45, 2.75) is 37.3 Å². The van der Waals surface area contributed by atoms with E-state index >= 15 is 0 Å². The Bertz CT molecular complexity index is 398. The van der Waals surface area contributed by atoms with Gasteiger partial charge in [0.2, 0.25) is 0 Å². The highest BCUT2D eigenvalue weighted by Crippen LogP contribution is 2.22. The van der Waals surface area contributed by atoms with Gasteiger partial charge < -0.3 is 29.5 Å². The largest absolute Gasteiger partial charge is 0.387 e. The molecule has 1 heterocycles. The molecule has 5 atom stereocenters. The molecular weight excluding hydrogens is 264 g/mol. The molecule has 0 saturated carbocycles. The molecule has 1 fully saturated rings. The SMILES string of the molecule is CO[C@@H]1C(COCc2ccccc2)O[C@@H](O)C(O)[C@H]1O. The minimum Gasteiger partial charge on any atom is -0.387 e. The van der Waals surface area contributed by atoms with E-state index in [0.717, 1.165) is 5.56 Å². The van der Waals surface area contributed by atoms with Crippen LogP contribution in [0.4, 0.5) is 0 Å². The van der Waals surface area contributed by atoms with E-state index < -0.39 is 30.7 Å². The second kappa shape index (κ2) is 7.12. The summed E-state index contributed by atoms with van der Waals surface area (Å²) in [6, 6.07) is 9.62. The van der Waals surface area contributed by atoms with Gasteiger partial charge in [0.05, 0.1) is 13.2 Å². The monoisotopic (exact) mass is 284 g/mol. The Hall–Kier alpha value is -1.02. The van der Waals surface area contributed by atoms with Crippen molar-refractivity contribution >= 4 is 0 Å². The number of hydrogen-bond acceptors (Lipinski definition) is 6. The number of aliphatic hydroxyl groups excluding tert-OH is 3. The number of aliphatic hydroxyl groups is 3. The first-order valence-electron chi connectivity index (χ1n) is 6.47. The normalized spacial score (nSPS) is 34.1. The summed E-state index contributed by atoms with van der Waals surface area (Å²) in [5.74, 6) is 0. The van der Waals surface area contributed by atoms with Gasteiger partial charge in [-0.05, 0) is 5.56 Å². The van der Waals surface area contributed by atoms with Crippen LogP contribution in [0.15, 0.2) is 30.3 Å². The average Bonchev–Trinajstić information content (AvgIpc) is 2.46. The van der Waals surface area contributed by atoms with Crippen LogP contribution in [-0.4, -0.2) is 59.7 Å². The standard InChI is InChI=1S/C14H20O6/c1-18-13-10(20-14(17)12(16)11(13)15)8-19-7-9-5-3-2-4-6-9/h2-6,10-17H,7-8H2,1H3/t10?,11-,12?,13-,14-/m1/s1. The summed E-state index contributed by atoms with van der Waals surface area (Å²) in [6.07, 6.45) is -5.43. The van der Waals surface area contributed by atoms with Crippen LogP contribution in [0.5, 0.6) is 0 Å². The van der Waals surface area contributed by atoms with E-state index in [1.165, 1.54) is 7.11 Å². The van der Waals surface area contributed by atoms with Gasteiger partial charge in [-0.1, -0.05) is 30.3 Å². The van der Waals surface area contributed by atoms with E-state index in [1.54, 1.807) is 0 Å². The fraction of sp³-hybridized carbons (Fsp3) is 0.571. The molecule has 0 aliphatic carbocycles. The minimum atomic E-state index is -1.44. The van der Waals surface area contributed by atoms with Gasteiger partial charge in [0.15, 0.2) is 6.29 Å². The quantitative estimate of drug-likeness (QED) is 0.685. The fourth-order valence-corrected chi connectivity index (χ4v) is 2.21. The lowest BCUT2D eigenvalue weighted by atomic mass is 9.99. The smallest absolute Gasteiger partial charge is 0.184 e. The van der Waals surface area contributed by atoms with E-state index in [-0.39, 0.29) is 6.61 Å². The van der Waals surface area contributed by atoms with E-state index in [2.05, 4.69) is 0 Å². The molecule has 6 heteroatoms. The van der Waals surface area contributed by atoms with Gasteiger partial charge in [-0.15, -0.1) is 0 Å². The molecule has 1 saturated heterocycles. The number of benzene rings is 1. The predicted molar refractivity (Wildman–Crippen MR) is 69.8 cm³/mol. The average molecular weight is 284 g/mol. The molecule has 0 spiro atoms. The highest BCUT2D eigenvalue weighted by atomic mass is 16.7. The van der Waals surface area contributed by atoms with Crippen molar-refractivity contribution < 1.29 is 29.5 Å². The Labute approximate surface area is 117 Å². The van der Waals surface area contributed by atoms with Crippen molar-refractivity contribution in [1.29, 1.82) is 0 Å². The summed E-state index contributed by atoms with van der Waals surface area (Å²) < 4.78 is 15.8. The van der Waals surface area contributed by atoms with Crippen LogP contribution >= 0.6 is 0 Å². The second-order valence-electron chi connectivity index (χ2n) is 4.75. The zero-order valence-corrected chi connectivity index (χ0v) is 11.3. The molecular formula is C14H20O6. The molecule has 112 valence electrons. The molecule has 2 rings (SSSR count). The molecule has 1 aliphatic heterocycles. The van der Waals surface area contributed by atoms with Crippen LogP contribution in [0.1, 0.15) is 5.56 Å². The van der Waals surface area contributed by atoms with Gasteiger partial charge >= 0.3 is 0 Å². The molecule has 1 aromatic rings. The van der Waals surface area contributed by atoms with Crippen molar-refractivity contribution in [3.05, 3.63) is 35.9 Å². The molecule has 0 bridgehead atoms. The summed E-state index contributed by atoms with van der Waals surface area (Å²) in [5.41, 5.74) is 1.01. The number of hydrogen-bond donors (Lipinski definition) is 3. The van der Waals surface area contributed by atoms with Gasteiger partial charge in [-0.25, -0.2) is 0 Å². The lowest BCUT2D eigenvalue weighted by Gasteiger charge is -2.39. The highest BCUT2D eigenvalue weighted by Gasteiger charge is 2.44. The zero-order chi connectivity index (χ0) is 14.5. The maximum Gasteiger partial charge on any atom is 0.184 e. The molecule has 6 nitrogen and oxygen atoms in total. The lowest BCUT2D eigenvalue weighted by Crippen LogP contribution is -2.59. The van der Waals surface area contributed by atoms with Gasteiger partial charge in [-0.2, -0.15) is 0 Å². The maximum absolute atomic E-state index is 9.82. The zero-order valence-electron chi connectivity index (χ0n) is 11.3. The van der Waals surface area contributed by atoms with E-state index in [0.29, 0.717) is 6.61 Å². The van der Waals surface area contributed by atoms with Crippen LogP contribution < -0.4 is 0 Å². The molecule has 20 heavy (non-hydrogen) atoms. The summed E-state index contributed by atoms with van der Waals surface area (Å²) in [4.78, 5) is 0. The molecule has 0 amide bonds. The third kappa shape index (κ3) is 3.54. The molecule has 1 aliphatic rings. The van der Waals surface area contributed by atoms with Crippen molar-refractivity contribution in [2.75, 3.05) is 13.7 Å². The van der Waals surface area contributed by atoms with E-state index in [4.69, 9.17) is 14.2 Å². The Morgan fingerprint density at radius 2 is 1.80 bits per heavy atom. The van der Waals surface area contributed by atoms with Crippen LogP contribution in [0, 0.1) is 0 Å². The predicted octanol–water partition coefficient (Wildman–Crippen LogP) is -0.343. The first kappa shape index (κ1) is 15.4. The summed E-state index contributed by atoms with van der Waals surface area (Å²) in [7, 11) is 1.41. The Kier molecular flexibility index (Phi) is 5.47.